The third kappa shape index (κ3) is 1.82. The van der Waals surface area contributed by atoms with E-state index in [0.717, 1.165) is 25.7 Å². The summed E-state index contributed by atoms with van der Waals surface area (Å²) in [5.74, 6) is 0. The van der Waals surface area contributed by atoms with Crippen molar-refractivity contribution >= 4 is 0 Å². The van der Waals surface area contributed by atoms with Crippen LogP contribution in [0.3, 0.4) is 0 Å². The summed E-state index contributed by atoms with van der Waals surface area (Å²) >= 11 is 0. The molecule has 0 aliphatic rings. The first-order chi connectivity index (χ1) is 5.49. The Morgan fingerprint density at radius 1 is 0.833 bits per heavy atom. The van der Waals surface area contributed by atoms with Crippen molar-refractivity contribution in [2.24, 2.45) is 5.41 Å². The van der Waals surface area contributed by atoms with Gasteiger partial charge in [-0.25, -0.2) is 0 Å². The Morgan fingerprint density at radius 3 is 1.25 bits per heavy atom. The number of hydrogen-bond acceptors (Lipinski definition) is 1. The third-order valence-electron chi connectivity index (χ3n) is 3.85. The van der Waals surface area contributed by atoms with Gasteiger partial charge in [0, 0.05) is 0 Å². The maximum absolute atomic E-state index is 10.3. The van der Waals surface area contributed by atoms with Crippen molar-refractivity contribution in [3.8, 4) is 0 Å². The van der Waals surface area contributed by atoms with E-state index in [4.69, 9.17) is 0 Å². The van der Waals surface area contributed by atoms with Crippen LogP contribution < -0.4 is 0 Å². The quantitative estimate of drug-likeness (QED) is 0.674. The standard InChI is InChI=1S/C11H24O/c1-6-10(5,7-2)11(12,8-3)9-4/h12H,6-9H2,1-5H3. The van der Waals surface area contributed by atoms with Crippen LogP contribution in [0.2, 0.25) is 0 Å². The topological polar surface area (TPSA) is 20.2 Å². The molecule has 1 nitrogen and oxygen atoms in total. The lowest BCUT2D eigenvalue weighted by molar-refractivity contribution is -0.0865. The summed E-state index contributed by atoms with van der Waals surface area (Å²) in [6, 6.07) is 0. The zero-order chi connectivity index (χ0) is 9.83. The largest absolute Gasteiger partial charge is 0.389 e. The van der Waals surface area contributed by atoms with Gasteiger partial charge in [-0.1, -0.05) is 34.6 Å². The van der Waals surface area contributed by atoms with E-state index >= 15 is 0 Å². The van der Waals surface area contributed by atoms with Crippen molar-refractivity contribution in [1.82, 2.24) is 0 Å². The average Bonchev–Trinajstić information content (AvgIpc) is 2.15. The molecule has 0 unspecified atom stereocenters. The number of rotatable bonds is 5. The van der Waals surface area contributed by atoms with Gasteiger partial charge in [0.25, 0.3) is 0 Å². The summed E-state index contributed by atoms with van der Waals surface area (Å²) in [6.07, 6.45) is 3.84. The summed E-state index contributed by atoms with van der Waals surface area (Å²) in [7, 11) is 0. The van der Waals surface area contributed by atoms with E-state index in [-0.39, 0.29) is 5.41 Å². The molecule has 0 aromatic heterocycles. The van der Waals surface area contributed by atoms with Crippen molar-refractivity contribution < 1.29 is 5.11 Å². The van der Waals surface area contributed by atoms with Crippen LogP contribution in [-0.2, 0) is 0 Å². The van der Waals surface area contributed by atoms with Crippen LogP contribution in [0.5, 0.6) is 0 Å². The van der Waals surface area contributed by atoms with Gasteiger partial charge in [0.1, 0.15) is 0 Å². The first-order valence-corrected chi connectivity index (χ1v) is 5.22. The lowest BCUT2D eigenvalue weighted by Gasteiger charge is -2.43. The highest BCUT2D eigenvalue weighted by atomic mass is 16.3. The smallest absolute Gasteiger partial charge is 0.0695 e. The van der Waals surface area contributed by atoms with E-state index in [1.54, 1.807) is 0 Å². The second kappa shape index (κ2) is 4.27. The Kier molecular flexibility index (Phi) is 4.25. The van der Waals surface area contributed by atoms with Gasteiger partial charge >= 0.3 is 0 Å². The molecule has 0 aliphatic carbocycles. The van der Waals surface area contributed by atoms with Gasteiger partial charge in [0.15, 0.2) is 0 Å². The summed E-state index contributed by atoms with van der Waals surface area (Å²) in [6.45, 7) is 10.7. The first-order valence-electron chi connectivity index (χ1n) is 5.22. The van der Waals surface area contributed by atoms with Gasteiger partial charge in [-0.05, 0) is 31.1 Å². The predicted molar refractivity (Wildman–Crippen MR) is 54.2 cm³/mol. The van der Waals surface area contributed by atoms with Crippen LogP contribution in [-0.4, -0.2) is 10.7 Å². The van der Waals surface area contributed by atoms with E-state index in [1.165, 1.54) is 0 Å². The number of hydrogen-bond donors (Lipinski definition) is 1. The summed E-state index contributed by atoms with van der Waals surface area (Å²) in [5, 5.41) is 10.3. The van der Waals surface area contributed by atoms with Crippen LogP contribution in [0.15, 0.2) is 0 Å². The molecule has 0 amide bonds. The second-order valence-corrected chi connectivity index (χ2v) is 4.01. The van der Waals surface area contributed by atoms with Crippen LogP contribution in [0, 0.1) is 5.41 Å². The molecule has 0 spiro atoms. The molecule has 0 rings (SSSR count). The lowest BCUT2D eigenvalue weighted by Crippen LogP contribution is -2.44. The third-order valence-corrected chi connectivity index (χ3v) is 3.85. The van der Waals surface area contributed by atoms with Gasteiger partial charge in [0.2, 0.25) is 0 Å². The minimum atomic E-state index is -0.462. The summed E-state index contributed by atoms with van der Waals surface area (Å²) < 4.78 is 0. The zero-order valence-corrected chi connectivity index (χ0v) is 9.28. The maximum Gasteiger partial charge on any atom is 0.0695 e. The van der Waals surface area contributed by atoms with Crippen molar-refractivity contribution in [2.75, 3.05) is 0 Å². The highest BCUT2D eigenvalue weighted by molar-refractivity contribution is 4.92. The SMILES string of the molecule is CCC(C)(CC)C(O)(CC)CC. The van der Waals surface area contributed by atoms with E-state index in [0.29, 0.717) is 0 Å². The van der Waals surface area contributed by atoms with Crippen LogP contribution in [0.4, 0.5) is 0 Å². The molecule has 0 atom stereocenters. The maximum atomic E-state index is 10.3. The molecule has 0 fully saturated rings. The summed E-state index contributed by atoms with van der Waals surface area (Å²) in [4.78, 5) is 0. The Bertz CT molecular complexity index is 105. The van der Waals surface area contributed by atoms with Gasteiger partial charge in [-0.15, -0.1) is 0 Å². The van der Waals surface area contributed by atoms with Gasteiger partial charge in [0.05, 0.1) is 5.60 Å². The molecule has 0 saturated carbocycles. The predicted octanol–water partition coefficient (Wildman–Crippen LogP) is 3.36. The van der Waals surface area contributed by atoms with Crippen LogP contribution in [0.1, 0.15) is 60.3 Å². The fourth-order valence-corrected chi connectivity index (χ4v) is 2.01. The molecule has 0 bridgehead atoms. The minimum Gasteiger partial charge on any atom is -0.389 e. The Morgan fingerprint density at radius 2 is 1.17 bits per heavy atom. The average molecular weight is 172 g/mol. The van der Waals surface area contributed by atoms with E-state index in [9.17, 15) is 5.11 Å². The van der Waals surface area contributed by atoms with Crippen molar-refractivity contribution in [2.45, 2.75) is 65.9 Å². The Hall–Kier alpha value is -0.0400. The van der Waals surface area contributed by atoms with Crippen LogP contribution >= 0.6 is 0 Å². The molecule has 1 N–H and O–H groups in total. The monoisotopic (exact) mass is 172 g/mol. The second-order valence-electron chi connectivity index (χ2n) is 4.01. The van der Waals surface area contributed by atoms with Crippen molar-refractivity contribution in [3.05, 3.63) is 0 Å². The molecule has 12 heavy (non-hydrogen) atoms. The van der Waals surface area contributed by atoms with E-state index in [2.05, 4.69) is 34.6 Å². The van der Waals surface area contributed by atoms with Crippen molar-refractivity contribution in [1.29, 1.82) is 0 Å². The molecule has 0 aromatic carbocycles. The molecule has 0 aliphatic heterocycles. The van der Waals surface area contributed by atoms with E-state index in [1.807, 2.05) is 0 Å². The fourth-order valence-electron chi connectivity index (χ4n) is 2.01. The van der Waals surface area contributed by atoms with Crippen LogP contribution in [0.25, 0.3) is 0 Å². The number of aliphatic hydroxyl groups is 1. The minimum absolute atomic E-state index is 0.0938. The zero-order valence-electron chi connectivity index (χ0n) is 9.28. The molecule has 0 aromatic rings. The molecular formula is C11H24O. The molecule has 1 heteroatoms. The Balaban J connectivity index is 4.66. The molecular weight excluding hydrogens is 148 g/mol. The highest BCUT2D eigenvalue weighted by Gasteiger charge is 2.41. The highest BCUT2D eigenvalue weighted by Crippen LogP contribution is 2.42. The lowest BCUT2D eigenvalue weighted by atomic mass is 9.67. The van der Waals surface area contributed by atoms with Gasteiger partial charge in [-0.3, -0.25) is 0 Å². The summed E-state index contributed by atoms with van der Waals surface area (Å²) in [5.41, 5.74) is -0.368. The van der Waals surface area contributed by atoms with Gasteiger partial charge in [-0.2, -0.15) is 0 Å². The fraction of sp³-hybridized carbons (Fsp3) is 1.00. The Labute approximate surface area is 77.2 Å². The normalized spacial score (nSPS) is 13.5. The van der Waals surface area contributed by atoms with Crippen molar-refractivity contribution in [3.63, 3.8) is 0 Å². The molecule has 0 radical (unpaired) electrons. The van der Waals surface area contributed by atoms with E-state index < -0.39 is 5.60 Å². The molecule has 74 valence electrons. The molecule has 0 heterocycles. The first kappa shape index (κ1) is 12.0. The van der Waals surface area contributed by atoms with Gasteiger partial charge < -0.3 is 5.11 Å². The molecule has 0 saturated heterocycles.